The number of fused-ring (bicyclic) bond motifs is 2. The number of benzene rings is 2. The first-order chi connectivity index (χ1) is 12.7. The fourth-order valence-electron chi connectivity index (χ4n) is 3.69. The van der Waals surface area contributed by atoms with E-state index in [-0.39, 0.29) is 24.8 Å². The van der Waals surface area contributed by atoms with E-state index in [1.165, 1.54) is 11.1 Å². The highest BCUT2D eigenvalue weighted by atomic mass is 16.7. The fourth-order valence-corrected chi connectivity index (χ4v) is 3.69. The van der Waals surface area contributed by atoms with Gasteiger partial charge in [0.15, 0.2) is 17.5 Å². The predicted molar refractivity (Wildman–Crippen MR) is 97.9 cm³/mol. The van der Waals surface area contributed by atoms with Gasteiger partial charge in [0.2, 0.25) is 6.79 Å². The standard InChI is InChI=1S/C21H24N2O3/c1-14(22-12-15-9-10-19-20(11-15)26-13-25-19)21(24)23-18-8-4-6-16-5-2-3-7-17(16)18/h2-3,5,7,9-11,14,18,22H,4,6,8,12-13H2,1H3,(H,23,24)/p+1/t14-,18+/m0/s1. The van der Waals surface area contributed by atoms with Crippen LogP contribution in [0.2, 0.25) is 0 Å². The minimum absolute atomic E-state index is 0.0902. The zero-order chi connectivity index (χ0) is 17.9. The highest BCUT2D eigenvalue weighted by Gasteiger charge is 2.25. The molecule has 136 valence electrons. The van der Waals surface area contributed by atoms with Crippen LogP contribution in [0.5, 0.6) is 11.5 Å². The Morgan fingerprint density at radius 1 is 1.23 bits per heavy atom. The van der Waals surface area contributed by atoms with Gasteiger partial charge in [0.25, 0.3) is 5.91 Å². The number of quaternary nitrogens is 1. The largest absolute Gasteiger partial charge is 0.454 e. The van der Waals surface area contributed by atoms with E-state index in [1.807, 2.05) is 25.1 Å². The molecule has 0 aromatic heterocycles. The fraction of sp³-hybridized carbons (Fsp3) is 0.381. The summed E-state index contributed by atoms with van der Waals surface area (Å²) in [7, 11) is 0. The summed E-state index contributed by atoms with van der Waals surface area (Å²) in [6, 6.07) is 14.4. The van der Waals surface area contributed by atoms with Crippen LogP contribution >= 0.6 is 0 Å². The van der Waals surface area contributed by atoms with Crippen LogP contribution in [-0.4, -0.2) is 18.7 Å². The van der Waals surface area contributed by atoms with Gasteiger partial charge >= 0.3 is 0 Å². The SMILES string of the molecule is C[C@H]([NH2+]Cc1ccc2c(c1)OCO2)C(=O)N[C@@H]1CCCc2ccccc21. The highest BCUT2D eigenvalue weighted by Crippen LogP contribution is 2.32. The van der Waals surface area contributed by atoms with Gasteiger partial charge in [-0.1, -0.05) is 24.3 Å². The van der Waals surface area contributed by atoms with Crippen LogP contribution in [0, 0.1) is 0 Å². The van der Waals surface area contributed by atoms with Gasteiger partial charge in [0.05, 0.1) is 6.04 Å². The monoisotopic (exact) mass is 353 g/mol. The van der Waals surface area contributed by atoms with Crippen LogP contribution in [0.3, 0.4) is 0 Å². The van der Waals surface area contributed by atoms with Gasteiger partial charge in [-0.25, -0.2) is 0 Å². The quantitative estimate of drug-likeness (QED) is 0.865. The summed E-state index contributed by atoms with van der Waals surface area (Å²) in [4.78, 5) is 12.6. The molecular formula is C21H25N2O3+. The number of carbonyl (C=O) groups is 1. The number of hydrogen-bond acceptors (Lipinski definition) is 3. The van der Waals surface area contributed by atoms with Crippen LogP contribution in [0.15, 0.2) is 42.5 Å². The van der Waals surface area contributed by atoms with Crippen molar-refractivity contribution in [2.24, 2.45) is 0 Å². The highest BCUT2D eigenvalue weighted by molar-refractivity contribution is 5.80. The van der Waals surface area contributed by atoms with Crippen molar-refractivity contribution in [3.8, 4) is 11.5 Å². The first kappa shape index (κ1) is 16.9. The van der Waals surface area contributed by atoms with Crippen molar-refractivity contribution in [2.45, 2.75) is 44.8 Å². The Balaban J connectivity index is 1.34. The molecule has 0 radical (unpaired) electrons. The zero-order valence-corrected chi connectivity index (χ0v) is 15.0. The first-order valence-electron chi connectivity index (χ1n) is 9.31. The molecule has 5 nitrogen and oxygen atoms in total. The number of ether oxygens (including phenoxy) is 2. The molecule has 2 atom stereocenters. The Kier molecular flexibility index (Phi) is 4.80. The lowest BCUT2D eigenvalue weighted by molar-refractivity contribution is -0.689. The number of amides is 1. The molecule has 2 aliphatic rings. The van der Waals surface area contributed by atoms with Crippen molar-refractivity contribution in [1.82, 2.24) is 5.32 Å². The van der Waals surface area contributed by atoms with Crippen molar-refractivity contribution < 1.29 is 19.6 Å². The second kappa shape index (κ2) is 7.38. The Bertz CT molecular complexity index is 806. The van der Waals surface area contributed by atoms with Crippen molar-refractivity contribution in [2.75, 3.05) is 6.79 Å². The van der Waals surface area contributed by atoms with Gasteiger partial charge in [0.1, 0.15) is 6.54 Å². The van der Waals surface area contributed by atoms with Crippen molar-refractivity contribution in [3.63, 3.8) is 0 Å². The molecule has 0 spiro atoms. The molecule has 1 amide bonds. The number of aryl methyl sites for hydroxylation is 1. The topological polar surface area (TPSA) is 64.2 Å². The lowest BCUT2D eigenvalue weighted by Crippen LogP contribution is -2.90. The van der Waals surface area contributed by atoms with Gasteiger partial charge in [-0.3, -0.25) is 4.79 Å². The van der Waals surface area contributed by atoms with Gasteiger partial charge in [-0.05, 0) is 55.5 Å². The van der Waals surface area contributed by atoms with E-state index in [0.29, 0.717) is 0 Å². The molecule has 0 bridgehead atoms. The molecule has 0 unspecified atom stereocenters. The Labute approximate surface area is 153 Å². The van der Waals surface area contributed by atoms with E-state index in [1.54, 1.807) is 0 Å². The third kappa shape index (κ3) is 3.53. The molecule has 1 heterocycles. The average Bonchev–Trinajstić information content (AvgIpc) is 3.14. The van der Waals surface area contributed by atoms with Crippen LogP contribution in [-0.2, 0) is 17.8 Å². The van der Waals surface area contributed by atoms with E-state index in [0.717, 1.165) is 42.9 Å². The third-order valence-electron chi connectivity index (χ3n) is 5.24. The van der Waals surface area contributed by atoms with Gasteiger partial charge in [-0.2, -0.15) is 0 Å². The molecule has 2 aromatic rings. The minimum atomic E-state index is -0.144. The lowest BCUT2D eigenvalue weighted by atomic mass is 9.87. The van der Waals surface area contributed by atoms with E-state index < -0.39 is 0 Å². The molecule has 0 saturated heterocycles. The molecule has 0 saturated carbocycles. The number of nitrogens with one attached hydrogen (secondary N) is 1. The summed E-state index contributed by atoms with van der Waals surface area (Å²) in [5.41, 5.74) is 3.76. The molecular weight excluding hydrogens is 328 g/mol. The smallest absolute Gasteiger partial charge is 0.278 e. The number of hydrogen-bond donors (Lipinski definition) is 2. The molecule has 1 aliphatic carbocycles. The summed E-state index contributed by atoms with van der Waals surface area (Å²) in [5, 5.41) is 5.30. The number of nitrogens with two attached hydrogens (primary N) is 1. The van der Waals surface area contributed by atoms with Crippen LogP contribution < -0.4 is 20.1 Å². The summed E-state index contributed by atoms with van der Waals surface area (Å²) < 4.78 is 10.7. The maximum atomic E-state index is 12.6. The maximum absolute atomic E-state index is 12.6. The Morgan fingerprint density at radius 3 is 3.00 bits per heavy atom. The average molecular weight is 353 g/mol. The zero-order valence-electron chi connectivity index (χ0n) is 15.0. The van der Waals surface area contributed by atoms with Crippen molar-refractivity contribution >= 4 is 5.91 Å². The Morgan fingerprint density at radius 2 is 2.08 bits per heavy atom. The van der Waals surface area contributed by atoms with Gasteiger partial charge in [0, 0.05) is 5.56 Å². The maximum Gasteiger partial charge on any atom is 0.278 e. The summed E-state index contributed by atoms with van der Waals surface area (Å²) in [5.74, 6) is 1.66. The second-order valence-corrected chi connectivity index (χ2v) is 7.07. The summed E-state index contributed by atoms with van der Waals surface area (Å²) in [6.45, 7) is 2.97. The van der Waals surface area contributed by atoms with Crippen LogP contribution in [0.4, 0.5) is 0 Å². The van der Waals surface area contributed by atoms with E-state index in [9.17, 15) is 4.79 Å². The minimum Gasteiger partial charge on any atom is -0.454 e. The first-order valence-corrected chi connectivity index (χ1v) is 9.31. The van der Waals surface area contributed by atoms with E-state index in [4.69, 9.17) is 9.47 Å². The van der Waals surface area contributed by atoms with Crippen LogP contribution in [0.25, 0.3) is 0 Å². The van der Waals surface area contributed by atoms with E-state index >= 15 is 0 Å². The number of rotatable bonds is 5. The molecule has 4 rings (SSSR count). The third-order valence-corrected chi connectivity index (χ3v) is 5.24. The van der Waals surface area contributed by atoms with Gasteiger partial charge < -0.3 is 20.1 Å². The van der Waals surface area contributed by atoms with E-state index in [2.05, 4.69) is 34.9 Å². The molecule has 2 aromatic carbocycles. The molecule has 1 aliphatic heterocycles. The number of carbonyl (C=O) groups excluding carboxylic acids is 1. The molecule has 0 fully saturated rings. The predicted octanol–water partition coefficient (Wildman–Crippen LogP) is 2.06. The summed E-state index contributed by atoms with van der Waals surface area (Å²) >= 11 is 0. The van der Waals surface area contributed by atoms with Crippen molar-refractivity contribution in [1.29, 1.82) is 0 Å². The van der Waals surface area contributed by atoms with Crippen molar-refractivity contribution in [3.05, 3.63) is 59.2 Å². The molecule has 5 heteroatoms. The molecule has 26 heavy (non-hydrogen) atoms. The molecule has 3 N–H and O–H groups in total. The Hall–Kier alpha value is -2.53. The lowest BCUT2D eigenvalue weighted by Gasteiger charge is -2.27. The normalized spacial score (nSPS) is 18.9. The van der Waals surface area contributed by atoms with Crippen LogP contribution in [0.1, 0.15) is 42.5 Å². The second-order valence-electron chi connectivity index (χ2n) is 7.07. The summed E-state index contributed by atoms with van der Waals surface area (Å²) in [6.07, 6.45) is 3.24. The van der Waals surface area contributed by atoms with Gasteiger partial charge in [-0.15, -0.1) is 0 Å².